The van der Waals surface area contributed by atoms with Crippen molar-refractivity contribution in [3.63, 3.8) is 0 Å². The third-order valence-electron chi connectivity index (χ3n) is 2.62. The molecular formula is C14H14N2O3S2. The van der Waals surface area contributed by atoms with E-state index in [2.05, 4.69) is 9.71 Å². The molecule has 0 aliphatic heterocycles. The Hall–Kier alpha value is -1.99. The second kappa shape index (κ2) is 6.19. The number of nitrogens with zero attached hydrogens (tertiary/aromatic N) is 1. The summed E-state index contributed by atoms with van der Waals surface area (Å²) in [6.45, 7) is 1.87. The zero-order valence-corrected chi connectivity index (χ0v) is 13.2. The van der Waals surface area contributed by atoms with Gasteiger partial charge in [-0.25, -0.2) is 13.4 Å². The Morgan fingerprint density at radius 1 is 1.38 bits per heavy atom. The number of nitrogens with one attached hydrogen (secondary N) is 1. The molecule has 0 fully saturated rings. The minimum Gasteiger partial charge on any atom is -0.289 e. The zero-order chi connectivity index (χ0) is 15.5. The molecule has 0 aliphatic rings. The van der Waals surface area contributed by atoms with E-state index in [0.717, 1.165) is 16.8 Å². The number of ketones is 1. The maximum atomic E-state index is 12.1. The normalized spacial score (nSPS) is 11.7. The molecule has 0 amide bonds. The van der Waals surface area contributed by atoms with Gasteiger partial charge in [0.15, 0.2) is 5.78 Å². The predicted molar refractivity (Wildman–Crippen MR) is 85.1 cm³/mol. The van der Waals surface area contributed by atoms with Crippen LogP contribution in [-0.4, -0.2) is 25.4 Å². The molecule has 1 heterocycles. The Kier molecular flexibility index (Phi) is 4.54. The van der Waals surface area contributed by atoms with Crippen LogP contribution in [-0.2, 0) is 10.0 Å². The Labute approximate surface area is 127 Å². The van der Waals surface area contributed by atoms with E-state index < -0.39 is 10.0 Å². The van der Waals surface area contributed by atoms with Gasteiger partial charge in [0.1, 0.15) is 0 Å². The zero-order valence-electron chi connectivity index (χ0n) is 11.5. The fraction of sp³-hybridized carbons (Fsp3) is 0.143. The van der Waals surface area contributed by atoms with Gasteiger partial charge in [0.2, 0.25) is 10.0 Å². The van der Waals surface area contributed by atoms with Crippen molar-refractivity contribution in [1.82, 2.24) is 4.98 Å². The lowest BCUT2D eigenvalue weighted by molar-refractivity contribution is 0.104. The Morgan fingerprint density at radius 2 is 2.14 bits per heavy atom. The highest BCUT2D eigenvalue weighted by molar-refractivity contribution is 7.92. The first-order valence-electron chi connectivity index (χ1n) is 6.05. The van der Waals surface area contributed by atoms with Crippen molar-refractivity contribution in [2.75, 3.05) is 11.0 Å². The van der Waals surface area contributed by atoms with Gasteiger partial charge in [-0.1, -0.05) is 12.1 Å². The van der Waals surface area contributed by atoms with Gasteiger partial charge in [0, 0.05) is 16.1 Å². The standard InChI is InChI=1S/C14H14N2O3S2/c1-10-14(20-9-15-10)7-6-13(17)11-4-3-5-12(8-11)16-21(2,18)19/h3-9,16H,1-2H3. The number of rotatable bonds is 5. The maximum absolute atomic E-state index is 12.1. The molecule has 5 nitrogen and oxygen atoms in total. The molecule has 110 valence electrons. The number of anilines is 1. The van der Waals surface area contributed by atoms with Gasteiger partial charge in [0.05, 0.1) is 17.5 Å². The maximum Gasteiger partial charge on any atom is 0.229 e. The lowest BCUT2D eigenvalue weighted by atomic mass is 10.1. The third-order valence-corrected chi connectivity index (χ3v) is 4.12. The molecular weight excluding hydrogens is 308 g/mol. The van der Waals surface area contributed by atoms with Gasteiger partial charge >= 0.3 is 0 Å². The van der Waals surface area contributed by atoms with Crippen molar-refractivity contribution in [3.8, 4) is 0 Å². The second-order valence-electron chi connectivity index (χ2n) is 4.45. The average molecular weight is 322 g/mol. The summed E-state index contributed by atoms with van der Waals surface area (Å²) in [5, 5.41) is 0. The second-order valence-corrected chi connectivity index (χ2v) is 7.09. The minimum absolute atomic E-state index is 0.194. The fourth-order valence-corrected chi connectivity index (χ4v) is 2.92. The van der Waals surface area contributed by atoms with E-state index in [1.807, 2.05) is 6.92 Å². The van der Waals surface area contributed by atoms with Crippen molar-refractivity contribution >= 4 is 38.9 Å². The minimum atomic E-state index is -3.36. The molecule has 21 heavy (non-hydrogen) atoms. The summed E-state index contributed by atoms with van der Waals surface area (Å²) in [4.78, 5) is 17.1. The quantitative estimate of drug-likeness (QED) is 0.678. The van der Waals surface area contributed by atoms with E-state index in [1.165, 1.54) is 23.5 Å². The van der Waals surface area contributed by atoms with Gasteiger partial charge < -0.3 is 0 Å². The van der Waals surface area contributed by atoms with Crippen LogP contribution in [0.25, 0.3) is 6.08 Å². The first kappa shape index (κ1) is 15.4. The van der Waals surface area contributed by atoms with Gasteiger partial charge in [-0.2, -0.15) is 0 Å². The smallest absolute Gasteiger partial charge is 0.229 e. The van der Waals surface area contributed by atoms with Crippen LogP contribution < -0.4 is 4.72 Å². The Morgan fingerprint density at radius 3 is 2.76 bits per heavy atom. The van der Waals surface area contributed by atoms with Crippen molar-refractivity contribution in [2.45, 2.75) is 6.92 Å². The number of thiazole rings is 1. The van der Waals surface area contributed by atoms with Crippen LogP contribution in [0.15, 0.2) is 35.9 Å². The van der Waals surface area contributed by atoms with E-state index in [1.54, 1.807) is 29.8 Å². The molecule has 2 rings (SSSR count). The van der Waals surface area contributed by atoms with E-state index in [9.17, 15) is 13.2 Å². The third kappa shape index (κ3) is 4.51. The number of allylic oxidation sites excluding steroid dienone is 1. The van der Waals surface area contributed by atoms with Crippen LogP contribution in [0.5, 0.6) is 0 Å². The number of carbonyl (C=O) groups excluding carboxylic acids is 1. The van der Waals surface area contributed by atoms with E-state index >= 15 is 0 Å². The predicted octanol–water partition coefficient (Wildman–Crippen LogP) is 2.72. The molecule has 0 unspecified atom stereocenters. The first-order chi connectivity index (χ1) is 9.85. The molecule has 2 aromatic rings. The fourth-order valence-electron chi connectivity index (χ4n) is 1.67. The number of carbonyl (C=O) groups is 1. The number of aromatic nitrogens is 1. The highest BCUT2D eigenvalue weighted by atomic mass is 32.2. The molecule has 0 saturated heterocycles. The number of sulfonamides is 1. The summed E-state index contributed by atoms with van der Waals surface area (Å²) in [5.41, 5.74) is 3.38. The molecule has 0 aliphatic carbocycles. The van der Waals surface area contributed by atoms with Crippen molar-refractivity contribution < 1.29 is 13.2 Å². The monoisotopic (exact) mass is 322 g/mol. The summed E-state index contributed by atoms with van der Waals surface area (Å²) < 4.78 is 24.7. The van der Waals surface area contributed by atoms with E-state index in [4.69, 9.17) is 0 Å². The van der Waals surface area contributed by atoms with E-state index in [0.29, 0.717) is 11.3 Å². The number of benzene rings is 1. The number of aryl methyl sites for hydroxylation is 1. The lowest BCUT2D eigenvalue weighted by Gasteiger charge is -2.04. The first-order valence-corrected chi connectivity index (χ1v) is 8.82. The summed E-state index contributed by atoms with van der Waals surface area (Å²) in [7, 11) is -3.36. The largest absolute Gasteiger partial charge is 0.289 e. The summed E-state index contributed by atoms with van der Waals surface area (Å²) in [6, 6.07) is 6.37. The number of hydrogen-bond donors (Lipinski definition) is 1. The molecule has 0 spiro atoms. The lowest BCUT2D eigenvalue weighted by Crippen LogP contribution is -2.10. The average Bonchev–Trinajstić information content (AvgIpc) is 2.80. The summed E-state index contributed by atoms with van der Waals surface area (Å²) in [5.74, 6) is -0.194. The van der Waals surface area contributed by atoms with Crippen LogP contribution in [0.1, 0.15) is 20.9 Å². The van der Waals surface area contributed by atoms with Crippen LogP contribution in [0.3, 0.4) is 0 Å². The Balaban J connectivity index is 2.18. The van der Waals surface area contributed by atoms with Crippen molar-refractivity contribution in [3.05, 3.63) is 52.0 Å². The van der Waals surface area contributed by atoms with Crippen LogP contribution in [0.2, 0.25) is 0 Å². The van der Waals surface area contributed by atoms with Crippen molar-refractivity contribution in [1.29, 1.82) is 0 Å². The van der Waals surface area contributed by atoms with E-state index in [-0.39, 0.29) is 5.78 Å². The van der Waals surface area contributed by atoms with Crippen molar-refractivity contribution in [2.24, 2.45) is 0 Å². The molecule has 1 aromatic carbocycles. The van der Waals surface area contributed by atoms with Gasteiger partial charge in [-0.15, -0.1) is 11.3 Å². The molecule has 1 aromatic heterocycles. The molecule has 7 heteroatoms. The summed E-state index contributed by atoms with van der Waals surface area (Å²) >= 11 is 1.46. The Bertz CT molecular complexity index is 792. The van der Waals surface area contributed by atoms with Gasteiger partial charge in [0.25, 0.3) is 0 Å². The highest BCUT2D eigenvalue weighted by Crippen LogP contribution is 2.16. The molecule has 0 bridgehead atoms. The molecule has 0 atom stereocenters. The summed E-state index contributed by atoms with van der Waals surface area (Å²) in [6.07, 6.45) is 4.24. The SMILES string of the molecule is Cc1ncsc1C=CC(=O)c1cccc(NS(C)(=O)=O)c1. The number of hydrogen-bond acceptors (Lipinski definition) is 5. The van der Waals surface area contributed by atoms with Gasteiger partial charge in [-0.05, 0) is 31.2 Å². The topological polar surface area (TPSA) is 76.1 Å². The molecule has 0 saturated carbocycles. The van der Waals surface area contributed by atoms with Crippen LogP contribution in [0.4, 0.5) is 5.69 Å². The molecule has 0 radical (unpaired) electrons. The van der Waals surface area contributed by atoms with Crippen LogP contribution >= 0.6 is 11.3 Å². The molecule has 1 N–H and O–H groups in total. The van der Waals surface area contributed by atoms with Gasteiger partial charge in [-0.3, -0.25) is 9.52 Å². The highest BCUT2D eigenvalue weighted by Gasteiger charge is 2.06. The van der Waals surface area contributed by atoms with Crippen LogP contribution in [0, 0.1) is 6.92 Å².